The number of benzene rings is 1. The van der Waals surface area contributed by atoms with E-state index in [9.17, 15) is 0 Å². The molecule has 0 fully saturated rings. The van der Waals surface area contributed by atoms with Crippen molar-refractivity contribution >= 4 is 17.1 Å². The molecule has 1 aliphatic heterocycles. The number of fused-ring (bicyclic) bond motifs is 1. The highest BCUT2D eigenvalue weighted by Crippen LogP contribution is 2.42. The number of anilines is 2. The summed E-state index contributed by atoms with van der Waals surface area (Å²) in [7, 11) is 2.14. The fraction of sp³-hybridized carbons (Fsp3) is 0.767. The van der Waals surface area contributed by atoms with Gasteiger partial charge in [-0.05, 0) is 83.1 Å². The zero-order valence-corrected chi connectivity index (χ0v) is 31.7. The largest absolute Gasteiger partial charge is 0.397 e. The Balaban J connectivity index is 1.59. The molecule has 2 rings (SSSR count). The minimum Gasteiger partial charge on any atom is -0.397 e. The van der Waals surface area contributed by atoms with Gasteiger partial charge in [-0.3, -0.25) is 5.01 Å². The SMILES string of the molecule is CCCCCCCC/C=C\CCCCCCCC[N+]1(CCCCCCCC/C=C\CCCCCCCC)NN(C)c2c(N)cccc21. The highest BCUT2D eigenvalue weighted by molar-refractivity contribution is 5.83. The zero-order chi connectivity index (χ0) is 33.7. The molecule has 0 aromatic heterocycles. The lowest BCUT2D eigenvalue weighted by molar-refractivity contribution is 0.196. The first-order valence-electron chi connectivity index (χ1n) is 20.7. The third-order valence-electron chi connectivity index (χ3n) is 10.3. The van der Waals surface area contributed by atoms with Gasteiger partial charge in [-0.1, -0.05) is 152 Å². The lowest BCUT2D eigenvalue weighted by Crippen LogP contribution is -2.61. The molecule has 0 amide bonds. The zero-order valence-electron chi connectivity index (χ0n) is 31.7. The lowest BCUT2D eigenvalue weighted by Gasteiger charge is -2.33. The number of nitrogens with zero attached hydrogens (tertiary/aromatic N) is 2. The Bertz CT molecular complexity index is 880. The summed E-state index contributed by atoms with van der Waals surface area (Å²) >= 11 is 0. The van der Waals surface area contributed by atoms with E-state index in [1.165, 1.54) is 191 Å². The van der Waals surface area contributed by atoms with Crippen molar-refractivity contribution in [2.45, 2.75) is 194 Å². The summed E-state index contributed by atoms with van der Waals surface area (Å²) < 4.78 is 0.865. The molecule has 0 unspecified atom stereocenters. The maximum atomic E-state index is 6.46. The quantitative estimate of drug-likeness (QED) is 0.0352. The van der Waals surface area contributed by atoms with Gasteiger partial charge >= 0.3 is 0 Å². The maximum Gasteiger partial charge on any atom is 0.180 e. The predicted molar refractivity (Wildman–Crippen MR) is 213 cm³/mol. The van der Waals surface area contributed by atoms with Crippen LogP contribution in [0.4, 0.5) is 17.1 Å². The van der Waals surface area contributed by atoms with Crippen LogP contribution < -0.4 is 20.9 Å². The number of quaternary nitrogens is 1. The molecule has 1 aliphatic rings. The molecule has 1 heterocycles. The molecule has 0 saturated carbocycles. The van der Waals surface area contributed by atoms with Crippen molar-refractivity contribution in [2.24, 2.45) is 0 Å². The van der Waals surface area contributed by atoms with E-state index in [2.05, 4.69) is 67.9 Å². The summed E-state index contributed by atoms with van der Waals surface area (Å²) in [4.78, 5) is 0. The van der Waals surface area contributed by atoms with Crippen molar-refractivity contribution in [3.63, 3.8) is 0 Å². The monoisotopic (exact) mass is 652 g/mol. The molecule has 1 aromatic rings. The van der Waals surface area contributed by atoms with Gasteiger partial charge in [0.15, 0.2) is 5.69 Å². The Morgan fingerprint density at radius 1 is 0.532 bits per heavy atom. The van der Waals surface area contributed by atoms with Gasteiger partial charge < -0.3 is 5.73 Å². The van der Waals surface area contributed by atoms with Crippen molar-refractivity contribution in [1.82, 2.24) is 10.1 Å². The van der Waals surface area contributed by atoms with E-state index in [0.717, 1.165) is 23.4 Å². The molecule has 3 N–H and O–H groups in total. The number of nitrogens with one attached hydrogen (secondary N) is 1. The molecule has 4 heteroatoms. The van der Waals surface area contributed by atoms with Crippen LogP contribution in [0, 0.1) is 0 Å². The molecule has 0 atom stereocenters. The third-order valence-corrected chi connectivity index (χ3v) is 10.3. The van der Waals surface area contributed by atoms with Gasteiger partial charge in [-0.2, -0.15) is 4.59 Å². The first kappa shape index (κ1) is 41.4. The van der Waals surface area contributed by atoms with Gasteiger partial charge in [-0.15, -0.1) is 0 Å². The standard InChI is InChI=1S/C43H79N4/c1-4-6-8-10-12-14-16-18-20-22-24-26-28-30-32-34-39-47(42-38-36-37-41(44)43(42)46(3)45-47)40-35-33-31-29-27-25-23-21-19-17-15-13-11-9-7-5-2/h18-21,36-38,45H,4-17,22-35,39-40,44H2,1-3H3/q+1/b20-18-,21-19-. The van der Waals surface area contributed by atoms with Crippen molar-refractivity contribution in [2.75, 3.05) is 30.9 Å². The van der Waals surface area contributed by atoms with Crippen LogP contribution in [-0.2, 0) is 0 Å². The summed E-state index contributed by atoms with van der Waals surface area (Å²) in [5, 5.41) is 2.19. The van der Waals surface area contributed by atoms with Crippen molar-refractivity contribution in [3.8, 4) is 0 Å². The molecular formula is C43H79N4+. The minimum absolute atomic E-state index is 0.865. The topological polar surface area (TPSA) is 41.3 Å². The Hall–Kier alpha value is -1.78. The van der Waals surface area contributed by atoms with Gasteiger partial charge in [-0.25, -0.2) is 0 Å². The van der Waals surface area contributed by atoms with Crippen LogP contribution in [0.5, 0.6) is 0 Å². The van der Waals surface area contributed by atoms with Crippen LogP contribution in [0.3, 0.4) is 0 Å². The van der Waals surface area contributed by atoms with Crippen LogP contribution in [0.15, 0.2) is 42.5 Å². The molecular weight excluding hydrogens is 573 g/mol. The van der Waals surface area contributed by atoms with E-state index < -0.39 is 0 Å². The number of allylic oxidation sites excluding steroid dienone is 4. The number of nitrogen functional groups attached to an aromatic ring is 1. The fourth-order valence-electron chi connectivity index (χ4n) is 7.36. The summed E-state index contributed by atoms with van der Waals surface area (Å²) in [5.74, 6) is 0. The van der Waals surface area contributed by atoms with Crippen molar-refractivity contribution in [1.29, 1.82) is 0 Å². The van der Waals surface area contributed by atoms with Crippen molar-refractivity contribution < 1.29 is 0 Å². The smallest absolute Gasteiger partial charge is 0.180 e. The van der Waals surface area contributed by atoms with Crippen LogP contribution in [0.25, 0.3) is 0 Å². The Morgan fingerprint density at radius 2 is 0.894 bits per heavy atom. The first-order valence-corrected chi connectivity index (χ1v) is 20.7. The number of para-hydroxylation sites is 1. The number of rotatable bonds is 32. The molecule has 1 aromatic carbocycles. The normalized spacial score (nSPS) is 14.2. The molecule has 270 valence electrons. The number of hydrazine groups is 1. The van der Waals surface area contributed by atoms with Crippen LogP contribution in [0.2, 0.25) is 0 Å². The van der Waals surface area contributed by atoms with Gasteiger partial charge in [0.25, 0.3) is 0 Å². The van der Waals surface area contributed by atoms with E-state index in [-0.39, 0.29) is 0 Å². The van der Waals surface area contributed by atoms with E-state index in [4.69, 9.17) is 5.73 Å². The number of hydrogen-bond donors (Lipinski definition) is 2. The summed E-state index contributed by atoms with van der Waals surface area (Å²) in [5.41, 5.74) is 13.8. The first-order chi connectivity index (χ1) is 23.1. The molecule has 0 saturated heterocycles. The average Bonchev–Trinajstić information content (AvgIpc) is 3.36. The average molecular weight is 652 g/mol. The van der Waals surface area contributed by atoms with Gasteiger partial charge in [0.05, 0.1) is 5.69 Å². The van der Waals surface area contributed by atoms with Crippen molar-refractivity contribution in [3.05, 3.63) is 42.5 Å². The second kappa shape index (κ2) is 28.1. The molecule has 0 radical (unpaired) electrons. The van der Waals surface area contributed by atoms with Gasteiger partial charge in [0.2, 0.25) is 0 Å². The highest BCUT2D eigenvalue weighted by atomic mass is 15.9. The third kappa shape index (κ3) is 18.5. The van der Waals surface area contributed by atoms with E-state index >= 15 is 0 Å². The Morgan fingerprint density at radius 3 is 1.30 bits per heavy atom. The van der Waals surface area contributed by atoms with Crippen LogP contribution in [-0.4, -0.2) is 20.1 Å². The maximum absolute atomic E-state index is 6.46. The lowest BCUT2D eigenvalue weighted by atomic mass is 10.1. The molecule has 0 bridgehead atoms. The van der Waals surface area contributed by atoms with E-state index in [0.29, 0.717) is 0 Å². The second-order valence-corrected chi connectivity index (χ2v) is 14.7. The summed E-state index contributed by atoms with van der Waals surface area (Å²) in [6.45, 7) is 6.88. The van der Waals surface area contributed by atoms with E-state index in [1.807, 2.05) is 6.07 Å². The minimum atomic E-state index is 0.865. The number of hydrogen-bond acceptors (Lipinski definition) is 3. The highest BCUT2D eigenvalue weighted by Gasteiger charge is 2.42. The Labute approximate surface area is 293 Å². The molecule has 4 nitrogen and oxygen atoms in total. The summed E-state index contributed by atoms with van der Waals surface area (Å²) in [6, 6.07) is 6.50. The fourth-order valence-corrected chi connectivity index (χ4v) is 7.36. The number of nitrogens with two attached hydrogens (primary N) is 1. The van der Waals surface area contributed by atoms with Crippen LogP contribution >= 0.6 is 0 Å². The molecule has 47 heavy (non-hydrogen) atoms. The number of unbranched alkanes of at least 4 members (excludes halogenated alkanes) is 24. The second-order valence-electron chi connectivity index (χ2n) is 14.7. The van der Waals surface area contributed by atoms with Gasteiger partial charge in [0, 0.05) is 13.1 Å². The van der Waals surface area contributed by atoms with Gasteiger partial charge in [0.1, 0.15) is 18.8 Å². The Kier molecular flexibility index (Phi) is 24.7. The summed E-state index contributed by atoms with van der Waals surface area (Å²) in [6.07, 6.45) is 47.7. The molecule has 0 spiro atoms. The predicted octanol–water partition coefficient (Wildman–Crippen LogP) is 13.5. The molecule has 0 aliphatic carbocycles. The van der Waals surface area contributed by atoms with E-state index in [1.54, 1.807) is 0 Å². The van der Waals surface area contributed by atoms with Crippen LogP contribution in [0.1, 0.15) is 194 Å².